The zero-order chi connectivity index (χ0) is 23.2. The smallest absolute Gasteiger partial charge is 0.228 e. The molecule has 8 heteroatoms. The fraction of sp³-hybridized carbons (Fsp3) is 0.346. The number of anilines is 1. The van der Waals surface area contributed by atoms with Crippen molar-refractivity contribution in [2.75, 3.05) is 18.6 Å². The number of aryl methyl sites for hydroxylation is 1. The third kappa shape index (κ3) is 3.63. The van der Waals surface area contributed by atoms with Gasteiger partial charge in [0.1, 0.15) is 11.6 Å². The molecule has 0 radical (unpaired) electrons. The second-order valence-electron chi connectivity index (χ2n) is 9.16. The van der Waals surface area contributed by atoms with E-state index >= 15 is 0 Å². The summed E-state index contributed by atoms with van der Waals surface area (Å²) in [6, 6.07) is 13.2. The van der Waals surface area contributed by atoms with Gasteiger partial charge in [0.15, 0.2) is 5.82 Å². The SMILES string of the molecule is COc1cc(-c2nnc3n2CCCN3C(c2ccc(F)cc2)C2CC2)ccc1-n1cnc(C)c1. The third-order valence-electron chi connectivity index (χ3n) is 6.81. The molecule has 174 valence electrons. The number of benzene rings is 2. The highest BCUT2D eigenvalue weighted by Gasteiger charge is 2.39. The Labute approximate surface area is 197 Å². The minimum Gasteiger partial charge on any atom is -0.495 e. The van der Waals surface area contributed by atoms with Crippen LogP contribution in [-0.4, -0.2) is 38.0 Å². The quantitative estimate of drug-likeness (QED) is 0.409. The van der Waals surface area contributed by atoms with Crippen LogP contribution in [0.25, 0.3) is 17.1 Å². The molecule has 0 N–H and O–H groups in total. The molecule has 1 fully saturated rings. The van der Waals surface area contributed by atoms with Gasteiger partial charge in [0.05, 0.1) is 30.9 Å². The van der Waals surface area contributed by atoms with Crippen molar-refractivity contribution in [2.45, 2.75) is 38.8 Å². The summed E-state index contributed by atoms with van der Waals surface area (Å²) in [6.45, 7) is 3.74. The molecule has 1 saturated carbocycles. The number of halogens is 1. The lowest BCUT2D eigenvalue weighted by Gasteiger charge is -2.36. The number of imidazole rings is 1. The van der Waals surface area contributed by atoms with Gasteiger partial charge < -0.3 is 14.2 Å². The van der Waals surface area contributed by atoms with Crippen LogP contribution < -0.4 is 9.64 Å². The summed E-state index contributed by atoms with van der Waals surface area (Å²) in [6.07, 6.45) is 7.14. The summed E-state index contributed by atoms with van der Waals surface area (Å²) in [5.41, 5.74) is 3.98. The van der Waals surface area contributed by atoms with E-state index < -0.39 is 0 Å². The van der Waals surface area contributed by atoms with E-state index in [1.54, 1.807) is 25.6 Å². The topological polar surface area (TPSA) is 61.0 Å². The number of nitrogens with zero attached hydrogens (tertiary/aromatic N) is 6. The first kappa shape index (κ1) is 20.9. The van der Waals surface area contributed by atoms with Crippen LogP contribution in [0, 0.1) is 18.7 Å². The van der Waals surface area contributed by atoms with Crippen LogP contribution in [0.1, 0.15) is 36.6 Å². The molecular weight excluding hydrogens is 431 g/mol. The molecule has 0 spiro atoms. The van der Waals surface area contributed by atoms with Gasteiger partial charge >= 0.3 is 0 Å². The maximum atomic E-state index is 13.6. The molecule has 34 heavy (non-hydrogen) atoms. The lowest BCUT2D eigenvalue weighted by atomic mass is 10.00. The maximum absolute atomic E-state index is 13.6. The molecular formula is C26H27FN6O. The zero-order valence-electron chi connectivity index (χ0n) is 19.4. The molecule has 4 aromatic rings. The fourth-order valence-electron chi connectivity index (χ4n) is 5.05. The molecule has 3 heterocycles. The largest absolute Gasteiger partial charge is 0.495 e. The molecule has 1 aliphatic heterocycles. The summed E-state index contributed by atoms with van der Waals surface area (Å²) < 4.78 is 23.5. The van der Waals surface area contributed by atoms with Crippen molar-refractivity contribution in [1.82, 2.24) is 24.3 Å². The third-order valence-corrected chi connectivity index (χ3v) is 6.81. The van der Waals surface area contributed by atoms with Crippen LogP contribution in [-0.2, 0) is 6.54 Å². The maximum Gasteiger partial charge on any atom is 0.228 e. The van der Waals surface area contributed by atoms with Gasteiger partial charge in [0, 0.05) is 24.8 Å². The minimum absolute atomic E-state index is 0.193. The minimum atomic E-state index is -0.203. The Morgan fingerprint density at radius 1 is 1.06 bits per heavy atom. The van der Waals surface area contributed by atoms with Gasteiger partial charge in [-0.2, -0.15) is 0 Å². The first-order chi connectivity index (χ1) is 16.6. The number of ether oxygens (including phenoxy) is 1. The Hall–Kier alpha value is -3.68. The first-order valence-corrected chi connectivity index (χ1v) is 11.8. The van der Waals surface area contributed by atoms with Gasteiger partial charge in [-0.3, -0.25) is 4.57 Å². The van der Waals surface area contributed by atoms with Crippen molar-refractivity contribution in [3.8, 4) is 22.8 Å². The van der Waals surface area contributed by atoms with Crippen molar-refractivity contribution >= 4 is 5.95 Å². The highest BCUT2D eigenvalue weighted by atomic mass is 19.1. The first-order valence-electron chi connectivity index (χ1n) is 11.8. The lowest BCUT2D eigenvalue weighted by molar-refractivity contribution is 0.413. The molecule has 1 atom stereocenters. The predicted molar refractivity (Wildman–Crippen MR) is 128 cm³/mol. The number of hydrogen-bond donors (Lipinski definition) is 0. The van der Waals surface area contributed by atoms with E-state index in [4.69, 9.17) is 4.74 Å². The van der Waals surface area contributed by atoms with Gasteiger partial charge in [-0.25, -0.2) is 9.37 Å². The monoisotopic (exact) mass is 458 g/mol. The highest BCUT2D eigenvalue weighted by Crippen LogP contribution is 2.47. The summed E-state index contributed by atoms with van der Waals surface area (Å²) in [7, 11) is 1.68. The number of fused-ring (bicyclic) bond motifs is 1. The fourth-order valence-corrected chi connectivity index (χ4v) is 5.05. The molecule has 0 bridgehead atoms. The summed E-state index contributed by atoms with van der Waals surface area (Å²) >= 11 is 0. The van der Waals surface area contributed by atoms with Crippen LogP contribution in [0.4, 0.5) is 10.3 Å². The molecule has 0 amide bonds. The van der Waals surface area contributed by atoms with Crippen LogP contribution in [0.5, 0.6) is 5.75 Å². The second kappa shape index (κ2) is 8.27. The van der Waals surface area contributed by atoms with E-state index in [9.17, 15) is 4.39 Å². The molecule has 7 nitrogen and oxygen atoms in total. The summed E-state index contributed by atoms with van der Waals surface area (Å²) in [4.78, 5) is 6.69. The summed E-state index contributed by atoms with van der Waals surface area (Å²) in [5, 5.41) is 9.24. The standard InChI is InChI=1S/C26H27FN6O/c1-17-15-31(16-28-17)22-11-8-20(14-23(22)34-2)25-29-30-26-32(12-3-13-33(25)26)24(18-4-5-18)19-6-9-21(27)10-7-19/h6-11,14-16,18,24H,3-5,12-13H2,1-2H3. The van der Waals surface area contributed by atoms with Crippen molar-refractivity contribution in [3.05, 3.63) is 72.1 Å². The second-order valence-corrected chi connectivity index (χ2v) is 9.16. The molecule has 2 aromatic carbocycles. The van der Waals surface area contributed by atoms with Crippen LogP contribution in [0.15, 0.2) is 55.0 Å². The predicted octanol–water partition coefficient (Wildman–Crippen LogP) is 4.95. The number of rotatable bonds is 6. The van der Waals surface area contributed by atoms with E-state index in [1.165, 1.54) is 12.8 Å². The van der Waals surface area contributed by atoms with E-state index in [2.05, 4.69) is 30.7 Å². The van der Waals surface area contributed by atoms with Crippen LogP contribution in [0.2, 0.25) is 0 Å². The van der Waals surface area contributed by atoms with Gasteiger partial charge in [0.25, 0.3) is 0 Å². The Balaban J connectivity index is 1.37. The van der Waals surface area contributed by atoms with Gasteiger partial charge in [-0.05, 0) is 68.0 Å². The molecule has 0 saturated heterocycles. The number of aromatic nitrogens is 5. The molecule has 1 unspecified atom stereocenters. The van der Waals surface area contributed by atoms with E-state index in [0.717, 1.165) is 59.5 Å². The normalized spacial score (nSPS) is 16.4. The van der Waals surface area contributed by atoms with E-state index in [1.807, 2.05) is 42.0 Å². The lowest BCUT2D eigenvalue weighted by Crippen LogP contribution is -2.37. The molecule has 6 rings (SSSR count). The van der Waals surface area contributed by atoms with Gasteiger partial charge in [-0.15, -0.1) is 10.2 Å². The van der Waals surface area contributed by atoms with Crippen molar-refractivity contribution < 1.29 is 9.13 Å². The summed E-state index contributed by atoms with van der Waals surface area (Å²) in [5.74, 6) is 2.83. The zero-order valence-corrected chi connectivity index (χ0v) is 19.4. The van der Waals surface area contributed by atoms with Crippen LogP contribution >= 0.6 is 0 Å². The Kier molecular flexibility index (Phi) is 5.08. The average Bonchev–Trinajstić information content (AvgIpc) is 3.44. The Bertz CT molecular complexity index is 1320. The van der Waals surface area contributed by atoms with Crippen molar-refractivity contribution in [2.24, 2.45) is 5.92 Å². The molecule has 2 aliphatic rings. The van der Waals surface area contributed by atoms with Crippen LogP contribution in [0.3, 0.4) is 0 Å². The average molecular weight is 459 g/mol. The van der Waals surface area contributed by atoms with E-state index in [0.29, 0.717) is 5.92 Å². The number of methoxy groups -OCH3 is 1. The van der Waals surface area contributed by atoms with Gasteiger partial charge in [-0.1, -0.05) is 12.1 Å². The number of hydrogen-bond acceptors (Lipinski definition) is 5. The van der Waals surface area contributed by atoms with E-state index in [-0.39, 0.29) is 11.9 Å². The molecule has 2 aromatic heterocycles. The van der Waals surface area contributed by atoms with Crippen molar-refractivity contribution in [3.63, 3.8) is 0 Å². The Morgan fingerprint density at radius 3 is 2.59 bits per heavy atom. The van der Waals surface area contributed by atoms with Gasteiger partial charge in [0.2, 0.25) is 5.95 Å². The van der Waals surface area contributed by atoms with Crippen molar-refractivity contribution in [1.29, 1.82) is 0 Å². The highest BCUT2D eigenvalue weighted by molar-refractivity contribution is 5.65. The Morgan fingerprint density at radius 2 is 1.88 bits per heavy atom. The molecule has 1 aliphatic carbocycles.